The normalized spacial score (nSPS) is 12.1. The van der Waals surface area contributed by atoms with Gasteiger partial charge in [-0.15, -0.1) is 0 Å². The molecule has 0 radical (unpaired) electrons. The molecule has 0 unspecified atom stereocenters. The van der Waals surface area contributed by atoms with Crippen molar-refractivity contribution in [2.45, 2.75) is 43.4 Å². The number of aryl methyl sites for hydroxylation is 1. The Hall–Kier alpha value is -2.43. The van der Waals surface area contributed by atoms with Gasteiger partial charge in [0.1, 0.15) is 0 Å². The maximum atomic E-state index is 13.0. The molecule has 0 aromatic heterocycles. The van der Waals surface area contributed by atoms with Gasteiger partial charge in [0.2, 0.25) is 10.0 Å². The molecule has 0 aliphatic carbocycles. The standard InChI is InChI=1S/C25H29NO2S/c1-3-4-19-25(22-11-7-5-8-12-22,23-13-9-6-10-14-23)20-26-29(27,28)24-17-15-21(2)16-18-24/h5-18,26H,3-4,19-20H2,1-2H3. The third-order valence-corrected chi connectivity index (χ3v) is 6.92. The molecule has 0 bridgehead atoms. The molecule has 152 valence electrons. The van der Waals surface area contributed by atoms with Crippen LogP contribution in [0.3, 0.4) is 0 Å². The van der Waals surface area contributed by atoms with Gasteiger partial charge < -0.3 is 0 Å². The highest BCUT2D eigenvalue weighted by atomic mass is 32.2. The van der Waals surface area contributed by atoms with Crippen LogP contribution in [0.1, 0.15) is 42.9 Å². The zero-order chi connectivity index (χ0) is 20.7. The summed E-state index contributed by atoms with van der Waals surface area (Å²) in [5, 5.41) is 0. The van der Waals surface area contributed by atoms with Gasteiger partial charge in [-0.25, -0.2) is 13.1 Å². The lowest BCUT2D eigenvalue weighted by Crippen LogP contribution is -2.41. The summed E-state index contributed by atoms with van der Waals surface area (Å²) in [6, 6.07) is 27.5. The van der Waals surface area contributed by atoms with Crippen LogP contribution in [0.2, 0.25) is 0 Å². The minimum Gasteiger partial charge on any atom is -0.210 e. The summed E-state index contributed by atoms with van der Waals surface area (Å²) in [4.78, 5) is 0.300. The van der Waals surface area contributed by atoms with Crippen molar-refractivity contribution >= 4 is 10.0 Å². The van der Waals surface area contributed by atoms with Gasteiger partial charge >= 0.3 is 0 Å². The Morgan fingerprint density at radius 2 is 1.31 bits per heavy atom. The van der Waals surface area contributed by atoms with Gasteiger partial charge in [0.25, 0.3) is 0 Å². The minimum absolute atomic E-state index is 0.300. The van der Waals surface area contributed by atoms with Crippen LogP contribution < -0.4 is 4.72 Å². The molecule has 0 fully saturated rings. The summed E-state index contributed by atoms with van der Waals surface area (Å²) >= 11 is 0. The van der Waals surface area contributed by atoms with Gasteiger partial charge in [-0.1, -0.05) is 98.1 Å². The molecule has 0 atom stereocenters. The molecule has 0 heterocycles. The van der Waals surface area contributed by atoms with Crippen molar-refractivity contribution in [3.8, 4) is 0 Å². The van der Waals surface area contributed by atoms with Crippen molar-refractivity contribution in [2.24, 2.45) is 0 Å². The van der Waals surface area contributed by atoms with Gasteiger partial charge in [0.15, 0.2) is 0 Å². The van der Waals surface area contributed by atoms with Crippen molar-refractivity contribution in [3.63, 3.8) is 0 Å². The third-order valence-electron chi connectivity index (χ3n) is 5.51. The topological polar surface area (TPSA) is 46.2 Å². The molecule has 3 aromatic carbocycles. The Morgan fingerprint density at radius 1 is 0.793 bits per heavy atom. The van der Waals surface area contributed by atoms with Crippen LogP contribution >= 0.6 is 0 Å². The molecule has 3 rings (SSSR count). The van der Waals surface area contributed by atoms with E-state index in [4.69, 9.17) is 0 Å². The van der Waals surface area contributed by atoms with Gasteiger partial charge in [-0.3, -0.25) is 0 Å². The number of sulfonamides is 1. The first-order valence-electron chi connectivity index (χ1n) is 10.2. The van der Waals surface area contributed by atoms with E-state index in [1.807, 2.05) is 55.5 Å². The maximum absolute atomic E-state index is 13.0. The van der Waals surface area contributed by atoms with Crippen molar-refractivity contribution in [1.82, 2.24) is 4.72 Å². The lowest BCUT2D eigenvalue weighted by atomic mass is 9.71. The highest BCUT2D eigenvalue weighted by Gasteiger charge is 2.35. The first-order valence-corrected chi connectivity index (χ1v) is 11.6. The van der Waals surface area contributed by atoms with Crippen LogP contribution in [0.15, 0.2) is 89.8 Å². The summed E-state index contributed by atoms with van der Waals surface area (Å²) in [5.74, 6) is 0. The average molecular weight is 408 g/mol. The van der Waals surface area contributed by atoms with Crippen LogP contribution in [0, 0.1) is 6.92 Å². The fourth-order valence-corrected chi connectivity index (χ4v) is 4.86. The molecule has 0 saturated carbocycles. The largest absolute Gasteiger partial charge is 0.240 e. The van der Waals surface area contributed by atoms with Crippen LogP contribution in [0.4, 0.5) is 0 Å². The first kappa shape index (κ1) is 21.3. The van der Waals surface area contributed by atoms with E-state index in [1.54, 1.807) is 12.1 Å². The second-order valence-corrected chi connectivity index (χ2v) is 9.32. The second kappa shape index (κ2) is 9.38. The van der Waals surface area contributed by atoms with Crippen LogP contribution in [0.5, 0.6) is 0 Å². The minimum atomic E-state index is -3.60. The summed E-state index contributed by atoms with van der Waals surface area (Å²) in [5.41, 5.74) is 2.88. The molecule has 4 heteroatoms. The second-order valence-electron chi connectivity index (χ2n) is 7.56. The number of hydrogen-bond acceptors (Lipinski definition) is 2. The molecule has 3 aromatic rings. The van der Waals surface area contributed by atoms with E-state index < -0.39 is 15.4 Å². The number of benzene rings is 3. The predicted molar refractivity (Wildman–Crippen MR) is 120 cm³/mol. The molecule has 29 heavy (non-hydrogen) atoms. The van der Waals surface area contributed by atoms with Gasteiger partial charge in [-0.2, -0.15) is 0 Å². The van der Waals surface area contributed by atoms with E-state index >= 15 is 0 Å². The first-order chi connectivity index (χ1) is 14.0. The highest BCUT2D eigenvalue weighted by Crippen LogP contribution is 2.37. The molecule has 1 N–H and O–H groups in total. The number of nitrogens with one attached hydrogen (secondary N) is 1. The van der Waals surface area contributed by atoms with Gasteiger partial charge in [0, 0.05) is 12.0 Å². The Labute approximate surface area is 174 Å². The molecule has 0 saturated heterocycles. The summed E-state index contributed by atoms with van der Waals surface area (Å²) in [6.07, 6.45) is 2.93. The highest BCUT2D eigenvalue weighted by molar-refractivity contribution is 7.89. The zero-order valence-corrected chi connectivity index (χ0v) is 18.0. The smallest absolute Gasteiger partial charge is 0.210 e. The molecular formula is C25H29NO2S. The van der Waals surface area contributed by atoms with E-state index in [2.05, 4.69) is 35.9 Å². The Morgan fingerprint density at radius 3 is 1.79 bits per heavy atom. The van der Waals surface area contributed by atoms with Gasteiger partial charge in [0.05, 0.1) is 4.90 Å². The molecule has 0 amide bonds. The molecule has 0 aliphatic rings. The van der Waals surface area contributed by atoms with Crippen LogP contribution in [-0.2, 0) is 15.4 Å². The van der Waals surface area contributed by atoms with E-state index in [9.17, 15) is 8.42 Å². The fourth-order valence-electron chi connectivity index (χ4n) is 3.76. The van der Waals surface area contributed by atoms with Gasteiger partial charge in [-0.05, 0) is 36.6 Å². The summed E-state index contributed by atoms with van der Waals surface area (Å²) in [6.45, 7) is 4.43. The number of rotatable bonds is 9. The molecule has 3 nitrogen and oxygen atoms in total. The Bertz CT molecular complexity index is 958. The third kappa shape index (κ3) is 4.95. The van der Waals surface area contributed by atoms with Crippen molar-refractivity contribution in [3.05, 3.63) is 102 Å². The molecule has 0 aliphatic heterocycles. The van der Waals surface area contributed by atoms with Crippen molar-refractivity contribution in [2.75, 3.05) is 6.54 Å². The van der Waals surface area contributed by atoms with Crippen molar-refractivity contribution < 1.29 is 8.42 Å². The fraction of sp³-hybridized carbons (Fsp3) is 0.280. The number of hydrogen-bond donors (Lipinski definition) is 1. The zero-order valence-electron chi connectivity index (χ0n) is 17.1. The van der Waals surface area contributed by atoms with E-state index in [1.165, 1.54) is 0 Å². The Balaban J connectivity index is 2.01. The Kier molecular flexibility index (Phi) is 6.88. The quantitative estimate of drug-likeness (QED) is 0.513. The lowest BCUT2D eigenvalue weighted by molar-refractivity contribution is 0.443. The van der Waals surface area contributed by atoms with E-state index in [0.717, 1.165) is 36.0 Å². The lowest BCUT2D eigenvalue weighted by Gasteiger charge is -2.35. The van der Waals surface area contributed by atoms with E-state index in [-0.39, 0.29) is 0 Å². The molecule has 0 spiro atoms. The average Bonchev–Trinajstić information content (AvgIpc) is 2.76. The monoisotopic (exact) mass is 407 g/mol. The number of unbranched alkanes of at least 4 members (excludes halogenated alkanes) is 1. The summed E-state index contributed by atoms with van der Waals surface area (Å²) < 4.78 is 28.9. The molecular weight excluding hydrogens is 378 g/mol. The van der Waals surface area contributed by atoms with Crippen molar-refractivity contribution in [1.29, 1.82) is 0 Å². The SMILES string of the molecule is CCCCC(CNS(=O)(=O)c1ccc(C)cc1)(c1ccccc1)c1ccccc1. The predicted octanol–water partition coefficient (Wildman–Crippen LogP) is 5.45. The summed E-state index contributed by atoms with van der Waals surface area (Å²) in [7, 11) is -3.60. The van der Waals surface area contributed by atoms with E-state index in [0.29, 0.717) is 11.4 Å². The maximum Gasteiger partial charge on any atom is 0.240 e. The van der Waals surface area contributed by atoms with Crippen LogP contribution in [0.25, 0.3) is 0 Å². The van der Waals surface area contributed by atoms with Crippen LogP contribution in [-0.4, -0.2) is 15.0 Å².